The average molecular weight is 265 g/mol. The molecule has 1 unspecified atom stereocenters. The molecule has 0 aromatic carbocycles. The summed E-state index contributed by atoms with van der Waals surface area (Å²) in [5, 5.41) is 7.85. The van der Waals surface area contributed by atoms with Crippen LogP contribution >= 0.6 is 0 Å². The van der Waals surface area contributed by atoms with Crippen LogP contribution < -0.4 is 5.32 Å². The molecule has 1 aromatic heterocycles. The molecule has 1 N–H and O–H groups in total. The second kappa shape index (κ2) is 5.61. The maximum atomic E-state index is 6.06. The third-order valence-electron chi connectivity index (χ3n) is 4.25. The number of nitrogens with one attached hydrogen (secondary N) is 1. The molecular formula is C14H23N3O2. The molecule has 0 aliphatic carbocycles. The maximum absolute atomic E-state index is 6.06. The molecule has 0 amide bonds. The Morgan fingerprint density at radius 3 is 3.00 bits per heavy atom. The van der Waals surface area contributed by atoms with Crippen LogP contribution in [0.5, 0.6) is 0 Å². The van der Waals surface area contributed by atoms with Gasteiger partial charge in [-0.25, -0.2) is 0 Å². The van der Waals surface area contributed by atoms with Gasteiger partial charge in [0.25, 0.3) is 0 Å². The van der Waals surface area contributed by atoms with Crippen LogP contribution in [0.2, 0.25) is 0 Å². The van der Waals surface area contributed by atoms with Crippen molar-refractivity contribution in [3.63, 3.8) is 0 Å². The first kappa shape index (κ1) is 13.1. The summed E-state index contributed by atoms with van der Waals surface area (Å²) in [5.74, 6) is 0. The van der Waals surface area contributed by atoms with E-state index in [9.17, 15) is 0 Å². The fraction of sp³-hybridized carbons (Fsp3) is 0.786. The van der Waals surface area contributed by atoms with E-state index in [2.05, 4.69) is 16.6 Å². The minimum atomic E-state index is 0.0725. The number of ether oxygens (including phenoxy) is 2. The molecule has 5 heteroatoms. The lowest BCUT2D eigenvalue weighted by Crippen LogP contribution is -2.49. The van der Waals surface area contributed by atoms with Crippen molar-refractivity contribution in [3.8, 4) is 0 Å². The van der Waals surface area contributed by atoms with Gasteiger partial charge in [0.05, 0.1) is 11.8 Å². The molecule has 2 saturated heterocycles. The van der Waals surface area contributed by atoms with Crippen LogP contribution in [-0.4, -0.2) is 41.2 Å². The molecule has 106 valence electrons. The van der Waals surface area contributed by atoms with Crippen molar-refractivity contribution in [1.82, 2.24) is 15.1 Å². The van der Waals surface area contributed by atoms with E-state index in [1.54, 1.807) is 0 Å². The molecule has 3 heterocycles. The highest BCUT2D eigenvalue weighted by Gasteiger charge is 2.38. The summed E-state index contributed by atoms with van der Waals surface area (Å²) in [4.78, 5) is 0. The topological polar surface area (TPSA) is 48.3 Å². The summed E-state index contributed by atoms with van der Waals surface area (Å²) in [7, 11) is 1.95. The second-order valence-corrected chi connectivity index (χ2v) is 5.74. The molecule has 19 heavy (non-hydrogen) atoms. The first-order chi connectivity index (χ1) is 9.26. The third kappa shape index (κ3) is 3.16. The molecule has 5 nitrogen and oxygen atoms in total. The third-order valence-corrected chi connectivity index (χ3v) is 4.25. The number of hydrogen-bond donors (Lipinski definition) is 1. The first-order valence-electron chi connectivity index (χ1n) is 7.18. The Kier molecular flexibility index (Phi) is 3.86. The van der Waals surface area contributed by atoms with Crippen LogP contribution in [0.15, 0.2) is 12.4 Å². The van der Waals surface area contributed by atoms with Crippen LogP contribution in [0.4, 0.5) is 0 Å². The summed E-state index contributed by atoms with van der Waals surface area (Å²) in [6.45, 7) is 3.44. The lowest BCUT2D eigenvalue weighted by molar-refractivity contribution is -0.140. The number of aryl methyl sites for hydroxylation is 1. The van der Waals surface area contributed by atoms with Crippen molar-refractivity contribution in [2.45, 2.75) is 43.9 Å². The van der Waals surface area contributed by atoms with E-state index in [-0.39, 0.29) is 5.60 Å². The lowest BCUT2D eigenvalue weighted by Gasteiger charge is -2.43. The zero-order valence-corrected chi connectivity index (χ0v) is 11.6. The highest BCUT2D eigenvalue weighted by molar-refractivity contribution is 5.03. The molecule has 2 fully saturated rings. The van der Waals surface area contributed by atoms with Gasteiger partial charge in [0.1, 0.15) is 0 Å². The minimum Gasteiger partial charge on any atom is -0.381 e. The van der Waals surface area contributed by atoms with Crippen molar-refractivity contribution in [2.75, 3.05) is 19.8 Å². The standard InChI is InChI=1S/C14H23N3O2/c1-17-11-12(10-16-17)9-15-13-2-5-19-14(8-13)3-6-18-7-4-14/h10-11,13,15H,2-9H2,1H3. The van der Waals surface area contributed by atoms with Gasteiger partial charge in [-0.2, -0.15) is 5.10 Å². The molecular weight excluding hydrogens is 242 g/mol. The van der Waals surface area contributed by atoms with Crippen molar-refractivity contribution in [3.05, 3.63) is 18.0 Å². The molecule has 3 rings (SSSR count). The van der Waals surface area contributed by atoms with E-state index >= 15 is 0 Å². The normalized spacial score (nSPS) is 26.7. The molecule has 0 bridgehead atoms. The number of aromatic nitrogens is 2. The van der Waals surface area contributed by atoms with E-state index in [1.807, 2.05) is 17.9 Å². The Labute approximate surface area is 114 Å². The highest BCUT2D eigenvalue weighted by Crippen LogP contribution is 2.34. The largest absolute Gasteiger partial charge is 0.381 e. The molecule has 2 aliphatic heterocycles. The predicted octanol–water partition coefficient (Wildman–Crippen LogP) is 1.24. The molecule has 1 spiro atoms. The lowest BCUT2D eigenvalue weighted by atomic mass is 9.84. The summed E-state index contributed by atoms with van der Waals surface area (Å²) < 4.78 is 13.4. The van der Waals surface area contributed by atoms with Gasteiger partial charge in [-0.15, -0.1) is 0 Å². The fourth-order valence-corrected chi connectivity index (χ4v) is 3.12. The van der Waals surface area contributed by atoms with Crippen LogP contribution in [-0.2, 0) is 23.1 Å². The van der Waals surface area contributed by atoms with Gasteiger partial charge in [-0.05, 0) is 25.7 Å². The Bertz CT molecular complexity index is 407. The number of rotatable bonds is 3. The summed E-state index contributed by atoms with van der Waals surface area (Å²) in [5.41, 5.74) is 1.32. The van der Waals surface area contributed by atoms with Crippen molar-refractivity contribution < 1.29 is 9.47 Å². The average Bonchev–Trinajstić information content (AvgIpc) is 2.83. The van der Waals surface area contributed by atoms with Gasteiger partial charge in [-0.1, -0.05) is 0 Å². The first-order valence-corrected chi connectivity index (χ1v) is 7.18. The van der Waals surface area contributed by atoms with Crippen LogP contribution in [0.1, 0.15) is 31.2 Å². The van der Waals surface area contributed by atoms with Crippen molar-refractivity contribution in [2.24, 2.45) is 7.05 Å². The number of hydrogen-bond acceptors (Lipinski definition) is 4. The maximum Gasteiger partial charge on any atom is 0.0741 e. The van der Waals surface area contributed by atoms with E-state index < -0.39 is 0 Å². The quantitative estimate of drug-likeness (QED) is 0.893. The second-order valence-electron chi connectivity index (χ2n) is 5.74. The van der Waals surface area contributed by atoms with E-state index in [1.165, 1.54) is 5.56 Å². The Morgan fingerprint density at radius 1 is 1.42 bits per heavy atom. The van der Waals surface area contributed by atoms with Crippen LogP contribution in [0.3, 0.4) is 0 Å². The van der Waals surface area contributed by atoms with Gasteiger partial charge >= 0.3 is 0 Å². The Hall–Kier alpha value is -0.910. The van der Waals surface area contributed by atoms with Crippen LogP contribution in [0, 0.1) is 0 Å². The smallest absolute Gasteiger partial charge is 0.0741 e. The SMILES string of the molecule is Cn1cc(CNC2CCOC3(CCOCC3)C2)cn1. The molecule has 0 radical (unpaired) electrons. The van der Waals surface area contributed by atoms with Crippen LogP contribution in [0.25, 0.3) is 0 Å². The molecule has 1 atom stereocenters. The van der Waals surface area contributed by atoms with E-state index in [4.69, 9.17) is 9.47 Å². The van der Waals surface area contributed by atoms with Crippen molar-refractivity contribution in [1.29, 1.82) is 0 Å². The van der Waals surface area contributed by atoms with Crippen molar-refractivity contribution >= 4 is 0 Å². The van der Waals surface area contributed by atoms with Gasteiger partial charge < -0.3 is 14.8 Å². The zero-order chi connectivity index (χ0) is 13.1. The Balaban J connectivity index is 1.53. The van der Waals surface area contributed by atoms with Gasteiger partial charge in [0.15, 0.2) is 0 Å². The number of nitrogens with zero attached hydrogens (tertiary/aromatic N) is 2. The van der Waals surface area contributed by atoms with Gasteiger partial charge in [-0.3, -0.25) is 4.68 Å². The van der Waals surface area contributed by atoms with E-state index in [0.717, 1.165) is 52.0 Å². The fourth-order valence-electron chi connectivity index (χ4n) is 3.12. The molecule has 0 saturated carbocycles. The zero-order valence-electron chi connectivity index (χ0n) is 11.6. The highest BCUT2D eigenvalue weighted by atomic mass is 16.5. The molecule has 2 aliphatic rings. The summed E-state index contributed by atoms with van der Waals surface area (Å²) in [6.07, 6.45) is 8.28. The molecule has 1 aromatic rings. The monoisotopic (exact) mass is 265 g/mol. The predicted molar refractivity (Wildman–Crippen MR) is 71.8 cm³/mol. The minimum absolute atomic E-state index is 0.0725. The summed E-state index contributed by atoms with van der Waals surface area (Å²) in [6, 6.07) is 0.548. The van der Waals surface area contributed by atoms with E-state index in [0.29, 0.717) is 6.04 Å². The summed E-state index contributed by atoms with van der Waals surface area (Å²) >= 11 is 0. The Morgan fingerprint density at radius 2 is 2.26 bits per heavy atom. The van der Waals surface area contributed by atoms with Gasteiger partial charge in [0.2, 0.25) is 0 Å². The van der Waals surface area contributed by atoms with Gasteiger partial charge in [0, 0.05) is 51.2 Å².